The number of thiophene rings is 1. The summed E-state index contributed by atoms with van der Waals surface area (Å²) in [6.45, 7) is 0.185. The molecule has 0 aromatic carbocycles. The molecule has 0 aliphatic rings. The Morgan fingerprint density at radius 1 is 1.27 bits per heavy atom. The molecule has 0 bridgehead atoms. The molecule has 0 N–H and O–H groups in total. The van der Waals surface area contributed by atoms with E-state index in [1.165, 1.54) is 11.3 Å². The van der Waals surface area contributed by atoms with Gasteiger partial charge < -0.3 is 4.74 Å². The smallest absolute Gasteiger partial charge is 0.312 e. The van der Waals surface area contributed by atoms with Gasteiger partial charge in [-0.3, -0.25) is 4.79 Å². The first-order valence-electron chi connectivity index (χ1n) is 6.44. The fraction of sp³-hybridized carbons (Fsp3) is 0.133. The van der Waals surface area contributed by atoms with Crippen LogP contribution in [0.25, 0.3) is 10.6 Å². The van der Waals surface area contributed by atoms with Gasteiger partial charge in [-0.05, 0) is 17.5 Å². The SMILES string of the molecule is O=C(Cc1csc(-c2ccsc2)n1)OCc1ccc(Cl)nc1. The van der Waals surface area contributed by atoms with Gasteiger partial charge in [0.15, 0.2) is 0 Å². The summed E-state index contributed by atoms with van der Waals surface area (Å²) < 4.78 is 5.22. The lowest BCUT2D eigenvalue weighted by atomic mass is 10.3. The predicted octanol–water partition coefficient (Wildman–Crippen LogP) is 4.21. The Bertz CT molecular complexity index is 754. The number of hydrogen-bond acceptors (Lipinski definition) is 6. The number of thiazole rings is 1. The minimum Gasteiger partial charge on any atom is -0.460 e. The predicted molar refractivity (Wildman–Crippen MR) is 88.2 cm³/mol. The third-order valence-corrected chi connectivity index (χ3v) is 4.68. The van der Waals surface area contributed by atoms with Crippen LogP contribution in [0.15, 0.2) is 40.5 Å². The van der Waals surface area contributed by atoms with Crippen molar-refractivity contribution in [2.45, 2.75) is 13.0 Å². The molecule has 3 heterocycles. The van der Waals surface area contributed by atoms with Crippen molar-refractivity contribution in [2.75, 3.05) is 0 Å². The Balaban J connectivity index is 1.54. The number of ether oxygens (including phenoxy) is 1. The van der Waals surface area contributed by atoms with E-state index >= 15 is 0 Å². The average Bonchev–Trinajstić information content (AvgIpc) is 3.17. The molecule has 0 radical (unpaired) electrons. The molecule has 0 saturated heterocycles. The number of pyridine rings is 1. The molecule has 22 heavy (non-hydrogen) atoms. The number of esters is 1. The molecule has 0 aliphatic carbocycles. The fourth-order valence-electron chi connectivity index (χ4n) is 1.76. The van der Waals surface area contributed by atoms with Gasteiger partial charge in [-0.1, -0.05) is 17.7 Å². The molecule has 3 aromatic rings. The van der Waals surface area contributed by atoms with Gasteiger partial charge in [0.1, 0.15) is 16.8 Å². The van der Waals surface area contributed by atoms with Gasteiger partial charge in [0, 0.05) is 28.1 Å². The van der Waals surface area contributed by atoms with Crippen LogP contribution in [-0.4, -0.2) is 15.9 Å². The third-order valence-electron chi connectivity index (χ3n) is 2.83. The van der Waals surface area contributed by atoms with Crippen LogP contribution < -0.4 is 0 Å². The molecule has 0 fully saturated rings. The van der Waals surface area contributed by atoms with E-state index in [4.69, 9.17) is 16.3 Å². The van der Waals surface area contributed by atoms with E-state index in [1.807, 2.05) is 22.2 Å². The second-order valence-electron chi connectivity index (χ2n) is 4.48. The lowest BCUT2D eigenvalue weighted by Gasteiger charge is -2.03. The zero-order valence-corrected chi connectivity index (χ0v) is 13.7. The van der Waals surface area contributed by atoms with Crippen LogP contribution in [0, 0.1) is 0 Å². The average molecular weight is 351 g/mol. The molecular weight excluding hydrogens is 340 g/mol. The van der Waals surface area contributed by atoms with Gasteiger partial charge in [0.2, 0.25) is 0 Å². The summed E-state index contributed by atoms with van der Waals surface area (Å²) in [6.07, 6.45) is 1.76. The fourth-order valence-corrected chi connectivity index (χ4v) is 3.41. The van der Waals surface area contributed by atoms with E-state index < -0.39 is 0 Å². The Morgan fingerprint density at radius 2 is 2.18 bits per heavy atom. The monoisotopic (exact) mass is 350 g/mol. The lowest BCUT2D eigenvalue weighted by Crippen LogP contribution is -2.08. The molecule has 0 aliphatic heterocycles. The van der Waals surface area contributed by atoms with Gasteiger partial charge in [-0.15, -0.1) is 11.3 Å². The second-order valence-corrected chi connectivity index (χ2v) is 6.51. The van der Waals surface area contributed by atoms with Crippen molar-refractivity contribution >= 4 is 40.2 Å². The van der Waals surface area contributed by atoms with E-state index in [9.17, 15) is 4.79 Å². The summed E-state index contributed by atoms with van der Waals surface area (Å²) in [6, 6.07) is 5.46. The zero-order valence-electron chi connectivity index (χ0n) is 11.4. The number of hydrogen-bond donors (Lipinski definition) is 0. The standard InChI is InChI=1S/C15H11ClN2O2S2/c16-13-2-1-10(6-17-13)7-20-14(19)5-12-9-22-15(18-12)11-3-4-21-8-11/h1-4,6,8-9H,5,7H2. The third kappa shape index (κ3) is 3.91. The Morgan fingerprint density at radius 3 is 2.91 bits per heavy atom. The number of carbonyl (C=O) groups excluding carboxylic acids is 1. The van der Waals surface area contributed by atoms with E-state index in [-0.39, 0.29) is 19.0 Å². The van der Waals surface area contributed by atoms with E-state index in [0.29, 0.717) is 5.15 Å². The maximum Gasteiger partial charge on any atom is 0.312 e. The van der Waals surface area contributed by atoms with Crippen molar-refractivity contribution in [3.63, 3.8) is 0 Å². The summed E-state index contributed by atoms with van der Waals surface area (Å²) in [4.78, 5) is 20.2. The van der Waals surface area contributed by atoms with Crippen LogP contribution in [0.5, 0.6) is 0 Å². The first kappa shape index (κ1) is 15.1. The number of halogens is 1. The van der Waals surface area contributed by atoms with Crippen LogP contribution in [0.4, 0.5) is 0 Å². The topological polar surface area (TPSA) is 52.1 Å². The molecule has 3 rings (SSSR count). The summed E-state index contributed by atoms with van der Waals surface area (Å²) in [5.74, 6) is -0.308. The Kier molecular flexibility index (Phi) is 4.82. The first-order chi connectivity index (χ1) is 10.7. The van der Waals surface area contributed by atoms with Crippen LogP contribution in [-0.2, 0) is 22.6 Å². The maximum absolute atomic E-state index is 11.8. The minimum absolute atomic E-state index is 0.168. The maximum atomic E-state index is 11.8. The summed E-state index contributed by atoms with van der Waals surface area (Å²) in [5, 5.41) is 7.27. The lowest BCUT2D eigenvalue weighted by molar-refractivity contribution is -0.144. The molecule has 0 unspecified atom stereocenters. The molecule has 7 heteroatoms. The van der Waals surface area contributed by atoms with Gasteiger partial charge in [0.25, 0.3) is 0 Å². The van der Waals surface area contributed by atoms with Crippen molar-refractivity contribution in [3.05, 3.63) is 56.9 Å². The van der Waals surface area contributed by atoms with Crippen molar-refractivity contribution < 1.29 is 9.53 Å². The molecule has 0 atom stereocenters. The van der Waals surface area contributed by atoms with Crippen molar-refractivity contribution in [2.24, 2.45) is 0 Å². The molecule has 4 nitrogen and oxygen atoms in total. The number of aromatic nitrogens is 2. The quantitative estimate of drug-likeness (QED) is 0.511. The Labute approximate surface area is 140 Å². The Hall–Kier alpha value is -1.76. The number of rotatable bonds is 5. The second kappa shape index (κ2) is 7.00. The highest BCUT2D eigenvalue weighted by Crippen LogP contribution is 2.25. The van der Waals surface area contributed by atoms with Gasteiger partial charge in [-0.25, -0.2) is 9.97 Å². The van der Waals surface area contributed by atoms with Gasteiger partial charge >= 0.3 is 5.97 Å². The summed E-state index contributed by atoms with van der Waals surface area (Å²) in [7, 11) is 0. The van der Waals surface area contributed by atoms with E-state index in [0.717, 1.165) is 21.8 Å². The van der Waals surface area contributed by atoms with Crippen LogP contribution in [0.3, 0.4) is 0 Å². The molecule has 0 amide bonds. The first-order valence-corrected chi connectivity index (χ1v) is 8.64. The van der Waals surface area contributed by atoms with Gasteiger partial charge in [-0.2, -0.15) is 11.3 Å². The van der Waals surface area contributed by atoms with Crippen LogP contribution >= 0.6 is 34.3 Å². The van der Waals surface area contributed by atoms with Crippen LogP contribution in [0.2, 0.25) is 5.15 Å². The highest BCUT2D eigenvalue weighted by Gasteiger charge is 2.10. The number of nitrogens with zero attached hydrogens (tertiary/aromatic N) is 2. The zero-order chi connectivity index (χ0) is 15.4. The van der Waals surface area contributed by atoms with Crippen LogP contribution in [0.1, 0.15) is 11.3 Å². The minimum atomic E-state index is -0.308. The van der Waals surface area contributed by atoms with Gasteiger partial charge in [0.05, 0.1) is 12.1 Å². The highest BCUT2D eigenvalue weighted by molar-refractivity contribution is 7.14. The molecule has 112 valence electrons. The summed E-state index contributed by atoms with van der Waals surface area (Å²) >= 11 is 8.85. The molecule has 0 saturated carbocycles. The van der Waals surface area contributed by atoms with Crippen molar-refractivity contribution in [1.82, 2.24) is 9.97 Å². The van der Waals surface area contributed by atoms with E-state index in [2.05, 4.69) is 9.97 Å². The molecule has 0 spiro atoms. The van der Waals surface area contributed by atoms with Crippen molar-refractivity contribution in [1.29, 1.82) is 0 Å². The molecular formula is C15H11ClN2O2S2. The van der Waals surface area contributed by atoms with Crippen molar-refractivity contribution in [3.8, 4) is 10.6 Å². The molecule has 3 aromatic heterocycles. The van der Waals surface area contributed by atoms with E-state index in [1.54, 1.807) is 29.7 Å². The normalized spacial score (nSPS) is 10.6. The largest absolute Gasteiger partial charge is 0.460 e. The summed E-state index contributed by atoms with van der Waals surface area (Å²) in [5.41, 5.74) is 2.61. The highest BCUT2D eigenvalue weighted by atomic mass is 35.5. The number of carbonyl (C=O) groups is 1.